The van der Waals surface area contributed by atoms with Crippen LogP contribution in [0.3, 0.4) is 0 Å². The number of rotatable bonds is 9. The second kappa shape index (κ2) is 11.5. The third-order valence-electron chi connectivity index (χ3n) is 3.89. The molecule has 2 N–H and O–H groups in total. The van der Waals surface area contributed by atoms with Gasteiger partial charge in [-0.05, 0) is 50.3 Å². The molecule has 0 aliphatic heterocycles. The SMILES string of the molecule is CCNC(=NCCOC)NC(C)c1ccc(OCC2CC2)c(F)c1.I. The summed E-state index contributed by atoms with van der Waals surface area (Å²) in [6.45, 7) is 6.48. The maximum absolute atomic E-state index is 14.2. The van der Waals surface area contributed by atoms with Gasteiger partial charge in [0.25, 0.3) is 0 Å². The van der Waals surface area contributed by atoms with Crippen LogP contribution in [0.2, 0.25) is 0 Å². The van der Waals surface area contributed by atoms with Crippen LogP contribution in [0.1, 0.15) is 38.3 Å². The number of ether oxygens (including phenoxy) is 2. The van der Waals surface area contributed by atoms with Gasteiger partial charge in [-0.1, -0.05) is 6.07 Å². The molecule has 0 heterocycles. The van der Waals surface area contributed by atoms with Crippen molar-refractivity contribution in [1.29, 1.82) is 0 Å². The van der Waals surface area contributed by atoms with Crippen LogP contribution in [0.15, 0.2) is 23.2 Å². The number of nitrogens with one attached hydrogen (secondary N) is 2. The van der Waals surface area contributed by atoms with E-state index in [0.717, 1.165) is 12.1 Å². The smallest absolute Gasteiger partial charge is 0.191 e. The van der Waals surface area contributed by atoms with E-state index in [4.69, 9.17) is 9.47 Å². The van der Waals surface area contributed by atoms with E-state index < -0.39 is 0 Å². The fraction of sp³-hybridized carbons (Fsp3) is 0.611. The summed E-state index contributed by atoms with van der Waals surface area (Å²) in [6, 6.07) is 5.05. The van der Waals surface area contributed by atoms with Crippen molar-refractivity contribution in [3.8, 4) is 5.75 Å². The van der Waals surface area contributed by atoms with Crippen LogP contribution in [0.4, 0.5) is 4.39 Å². The quantitative estimate of drug-likeness (QED) is 0.254. The molecule has 1 aromatic rings. The first-order chi connectivity index (χ1) is 11.6. The zero-order valence-electron chi connectivity index (χ0n) is 15.2. The Morgan fingerprint density at radius 3 is 2.76 bits per heavy atom. The maximum Gasteiger partial charge on any atom is 0.191 e. The van der Waals surface area contributed by atoms with Gasteiger partial charge in [0.2, 0.25) is 0 Å². The highest BCUT2D eigenvalue weighted by Gasteiger charge is 2.22. The van der Waals surface area contributed by atoms with E-state index in [9.17, 15) is 4.39 Å². The number of nitrogens with zero attached hydrogens (tertiary/aromatic N) is 1. The highest BCUT2D eigenvalue weighted by atomic mass is 127. The van der Waals surface area contributed by atoms with Crippen LogP contribution in [-0.4, -0.2) is 39.4 Å². The Kier molecular flexibility index (Phi) is 10.1. The number of guanidine groups is 1. The Balaban J connectivity index is 0.00000312. The number of aliphatic imine (C=N–C) groups is 1. The van der Waals surface area contributed by atoms with Crippen molar-refractivity contribution < 1.29 is 13.9 Å². The van der Waals surface area contributed by atoms with E-state index in [-0.39, 0.29) is 35.8 Å². The molecular weight excluding hydrogens is 436 g/mol. The largest absolute Gasteiger partial charge is 0.490 e. The fourth-order valence-corrected chi connectivity index (χ4v) is 2.25. The van der Waals surface area contributed by atoms with E-state index in [2.05, 4.69) is 15.6 Å². The Morgan fingerprint density at radius 1 is 1.40 bits per heavy atom. The number of methoxy groups -OCH3 is 1. The van der Waals surface area contributed by atoms with Crippen molar-refractivity contribution in [3.63, 3.8) is 0 Å². The molecule has 0 bridgehead atoms. The highest BCUT2D eigenvalue weighted by Crippen LogP contribution is 2.30. The lowest BCUT2D eigenvalue weighted by Gasteiger charge is -2.19. The number of benzene rings is 1. The van der Waals surface area contributed by atoms with Gasteiger partial charge in [0.05, 0.1) is 25.8 Å². The topological polar surface area (TPSA) is 54.9 Å². The van der Waals surface area contributed by atoms with Crippen LogP contribution in [0, 0.1) is 11.7 Å². The molecule has 1 saturated carbocycles. The summed E-state index contributed by atoms with van der Waals surface area (Å²) in [6.07, 6.45) is 2.38. The molecule has 0 spiro atoms. The van der Waals surface area contributed by atoms with Crippen molar-refractivity contribution in [2.75, 3.05) is 33.4 Å². The summed E-state index contributed by atoms with van der Waals surface area (Å²) in [5.41, 5.74) is 0.851. The van der Waals surface area contributed by atoms with Crippen molar-refractivity contribution in [2.45, 2.75) is 32.7 Å². The van der Waals surface area contributed by atoms with E-state index in [1.54, 1.807) is 13.2 Å². The van der Waals surface area contributed by atoms with Gasteiger partial charge < -0.3 is 20.1 Å². The molecule has 1 aromatic carbocycles. The van der Waals surface area contributed by atoms with Crippen molar-refractivity contribution in [3.05, 3.63) is 29.6 Å². The molecule has 2 rings (SSSR count). The van der Waals surface area contributed by atoms with Gasteiger partial charge in [0.15, 0.2) is 17.5 Å². The molecule has 5 nitrogen and oxygen atoms in total. The minimum Gasteiger partial charge on any atom is -0.490 e. The summed E-state index contributed by atoms with van der Waals surface area (Å²) in [7, 11) is 1.65. The van der Waals surface area contributed by atoms with Crippen LogP contribution in [-0.2, 0) is 4.74 Å². The first-order valence-electron chi connectivity index (χ1n) is 8.60. The van der Waals surface area contributed by atoms with Crippen LogP contribution in [0.5, 0.6) is 5.75 Å². The van der Waals surface area contributed by atoms with Crippen LogP contribution in [0.25, 0.3) is 0 Å². The van der Waals surface area contributed by atoms with Crippen molar-refractivity contribution in [1.82, 2.24) is 10.6 Å². The van der Waals surface area contributed by atoms with Gasteiger partial charge in [-0.3, -0.25) is 4.99 Å². The van der Waals surface area contributed by atoms with Gasteiger partial charge in [-0.25, -0.2) is 4.39 Å². The lowest BCUT2D eigenvalue weighted by Crippen LogP contribution is -2.39. The second-order valence-electron chi connectivity index (χ2n) is 6.06. The molecule has 1 aliphatic rings. The molecule has 0 amide bonds. The Hall–Kier alpha value is -1.09. The zero-order chi connectivity index (χ0) is 17.4. The predicted molar refractivity (Wildman–Crippen MR) is 109 cm³/mol. The molecule has 142 valence electrons. The van der Waals surface area contributed by atoms with E-state index >= 15 is 0 Å². The number of hydrogen-bond acceptors (Lipinski definition) is 3. The van der Waals surface area contributed by atoms with Gasteiger partial charge in [0, 0.05) is 13.7 Å². The Labute approximate surface area is 166 Å². The van der Waals surface area contributed by atoms with E-state index in [1.807, 2.05) is 19.9 Å². The zero-order valence-corrected chi connectivity index (χ0v) is 17.5. The fourth-order valence-electron chi connectivity index (χ4n) is 2.25. The molecule has 7 heteroatoms. The average Bonchev–Trinajstić information content (AvgIpc) is 3.38. The number of halogens is 2. The first-order valence-corrected chi connectivity index (χ1v) is 8.60. The average molecular weight is 465 g/mol. The van der Waals surface area contributed by atoms with E-state index in [1.165, 1.54) is 18.9 Å². The molecule has 1 atom stereocenters. The molecule has 25 heavy (non-hydrogen) atoms. The third-order valence-corrected chi connectivity index (χ3v) is 3.89. The Bertz CT molecular complexity index is 553. The molecule has 1 unspecified atom stereocenters. The standard InChI is InChI=1S/C18H28FN3O2.HI/c1-4-20-18(21-9-10-23-3)22-13(2)15-7-8-17(16(19)11-15)24-12-14-5-6-14;/h7-8,11,13-14H,4-6,9-10,12H2,1-3H3,(H2,20,21,22);1H. The predicted octanol–water partition coefficient (Wildman–Crippen LogP) is 3.50. The third kappa shape index (κ3) is 7.77. The van der Waals surface area contributed by atoms with Crippen LogP contribution < -0.4 is 15.4 Å². The van der Waals surface area contributed by atoms with Crippen LogP contribution >= 0.6 is 24.0 Å². The van der Waals surface area contributed by atoms with Crippen molar-refractivity contribution in [2.24, 2.45) is 10.9 Å². The molecule has 0 radical (unpaired) electrons. The summed E-state index contributed by atoms with van der Waals surface area (Å²) in [5, 5.41) is 6.45. The summed E-state index contributed by atoms with van der Waals surface area (Å²) >= 11 is 0. The summed E-state index contributed by atoms with van der Waals surface area (Å²) in [5.74, 6) is 1.31. The minimum absolute atomic E-state index is 0. The lowest BCUT2D eigenvalue weighted by atomic mass is 10.1. The van der Waals surface area contributed by atoms with Crippen molar-refractivity contribution >= 4 is 29.9 Å². The molecule has 1 aliphatic carbocycles. The summed E-state index contributed by atoms with van der Waals surface area (Å²) < 4.78 is 24.7. The van der Waals surface area contributed by atoms with Gasteiger partial charge in [-0.2, -0.15) is 0 Å². The van der Waals surface area contributed by atoms with Gasteiger partial charge in [0.1, 0.15) is 0 Å². The Morgan fingerprint density at radius 2 is 2.16 bits per heavy atom. The minimum atomic E-state index is -0.317. The summed E-state index contributed by atoms with van der Waals surface area (Å²) in [4.78, 5) is 4.42. The lowest BCUT2D eigenvalue weighted by molar-refractivity contribution is 0.208. The number of hydrogen-bond donors (Lipinski definition) is 2. The molecule has 0 saturated heterocycles. The normalized spacial score (nSPS) is 15.3. The maximum atomic E-state index is 14.2. The second-order valence-corrected chi connectivity index (χ2v) is 6.06. The monoisotopic (exact) mass is 465 g/mol. The molecular formula is C18H29FIN3O2. The van der Waals surface area contributed by atoms with E-state index in [0.29, 0.717) is 37.4 Å². The molecule has 0 aromatic heterocycles. The molecule has 1 fully saturated rings. The van der Waals surface area contributed by atoms with Gasteiger partial charge >= 0.3 is 0 Å². The highest BCUT2D eigenvalue weighted by molar-refractivity contribution is 14.0. The first kappa shape index (κ1) is 22.0. The van der Waals surface area contributed by atoms with Gasteiger partial charge in [-0.15, -0.1) is 24.0 Å².